The predicted molar refractivity (Wildman–Crippen MR) is 76.9 cm³/mol. The van der Waals surface area contributed by atoms with E-state index in [0.717, 1.165) is 17.1 Å². The number of nitrogens with one attached hydrogen (secondary N) is 1. The third kappa shape index (κ3) is 2.93. The summed E-state index contributed by atoms with van der Waals surface area (Å²) in [6, 6.07) is 11.3. The Kier molecular flexibility index (Phi) is 3.62. The molecule has 2 nitrogen and oxygen atoms in total. The molecular weight excluding hydrogens is 253 g/mol. The normalized spacial score (nSPS) is 17.9. The van der Waals surface area contributed by atoms with Gasteiger partial charge >= 0.3 is 0 Å². The summed E-state index contributed by atoms with van der Waals surface area (Å²) in [5.41, 5.74) is 1.16. The average molecular weight is 273 g/mol. The van der Waals surface area contributed by atoms with Crippen LogP contribution in [0.4, 0.5) is 4.39 Å². The van der Waals surface area contributed by atoms with Crippen molar-refractivity contribution in [1.29, 1.82) is 0 Å². The molecule has 0 amide bonds. The number of hydrogen-bond donors (Lipinski definition) is 1. The smallest absolute Gasteiger partial charge is 0.123 e. The molecule has 2 aromatic rings. The van der Waals surface area contributed by atoms with Crippen molar-refractivity contribution in [2.24, 2.45) is 5.92 Å². The van der Waals surface area contributed by atoms with Gasteiger partial charge in [-0.25, -0.2) is 4.39 Å². The molecular formula is C17H20FNO. The van der Waals surface area contributed by atoms with Crippen LogP contribution in [-0.4, -0.2) is 0 Å². The monoisotopic (exact) mass is 273 g/mol. The van der Waals surface area contributed by atoms with Gasteiger partial charge in [0.05, 0.1) is 6.04 Å². The first-order valence-corrected chi connectivity index (χ1v) is 7.21. The zero-order valence-electron chi connectivity index (χ0n) is 11.9. The van der Waals surface area contributed by atoms with Crippen molar-refractivity contribution in [3.8, 4) is 0 Å². The minimum atomic E-state index is -0.182. The zero-order chi connectivity index (χ0) is 14.1. The molecule has 0 bridgehead atoms. The van der Waals surface area contributed by atoms with E-state index < -0.39 is 0 Å². The van der Waals surface area contributed by atoms with E-state index in [4.69, 9.17) is 4.42 Å². The Balaban J connectivity index is 1.76. The van der Waals surface area contributed by atoms with Crippen LogP contribution >= 0.6 is 0 Å². The number of furan rings is 1. The van der Waals surface area contributed by atoms with Crippen LogP contribution in [-0.2, 0) is 0 Å². The quantitative estimate of drug-likeness (QED) is 0.866. The summed E-state index contributed by atoms with van der Waals surface area (Å²) in [5.74, 6) is 2.35. The van der Waals surface area contributed by atoms with Crippen molar-refractivity contribution in [1.82, 2.24) is 5.32 Å². The molecule has 3 heteroatoms. The molecule has 0 aliphatic heterocycles. The minimum Gasteiger partial charge on any atom is -0.465 e. The van der Waals surface area contributed by atoms with E-state index in [9.17, 15) is 4.39 Å². The second kappa shape index (κ2) is 5.41. The van der Waals surface area contributed by atoms with Gasteiger partial charge in [0.15, 0.2) is 0 Å². The Morgan fingerprint density at radius 3 is 2.40 bits per heavy atom. The van der Waals surface area contributed by atoms with Gasteiger partial charge in [-0.3, -0.25) is 0 Å². The number of halogens is 1. The Morgan fingerprint density at radius 1 is 1.15 bits per heavy atom. The van der Waals surface area contributed by atoms with E-state index in [2.05, 4.69) is 12.2 Å². The lowest BCUT2D eigenvalue weighted by Gasteiger charge is -2.22. The van der Waals surface area contributed by atoms with Gasteiger partial charge in [0.1, 0.15) is 17.3 Å². The van der Waals surface area contributed by atoms with Gasteiger partial charge in [-0.05, 0) is 62.4 Å². The predicted octanol–water partition coefficient (Wildman–Crippen LogP) is 4.53. The topological polar surface area (TPSA) is 25.2 Å². The molecule has 1 aromatic heterocycles. The lowest BCUT2D eigenvalue weighted by molar-refractivity contribution is 0.365. The number of hydrogen-bond acceptors (Lipinski definition) is 2. The number of aryl methyl sites for hydroxylation is 1. The average Bonchev–Trinajstić information content (AvgIpc) is 3.18. The summed E-state index contributed by atoms with van der Waals surface area (Å²) >= 11 is 0. The van der Waals surface area contributed by atoms with E-state index in [0.29, 0.717) is 5.92 Å². The van der Waals surface area contributed by atoms with E-state index in [1.165, 1.54) is 25.0 Å². The van der Waals surface area contributed by atoms with Crippen molar-refractivity contribution in [3.05, 3.63) is 59.3 Å². The fourth-order valence-electron chi connectivity index (χ4n) is 2.64. The van der Waals surface area contributed by atoms with Gasteiger partial charge in [-0.2, -0.15) is 0 Å². The van der Waals surface area contributed by atoms with Gasteiger partial charge in [0.25, 0.3) is 0 Å². The van der Waals surface area contributed by atoms with Gasteiger partial charge in [0.2, 0.25) is 0 Å². The van der Waals surface area contributed by atoms with E-state index in [1.807, 2.05) is 31.2 Å². The molecule has 1 saturated carbocycles. The Morgan fingerprint density at radius 2 is 1.85 bits per heavy atom. The maximum absolute atomic E-state index is 13.1. The fourth-order valence-corrected chi connectivity index (χ4v) is 2.64. The van der Waals surface area contributed by atoms with Crippen LogP contribution in [0.5, 0.6) is 0 Å². The van der Waals surface area contributed by atoms with Gasteiger partial charge < -0.3 is 9.73 Å². The highest BCUT2D eigenvalue weighted by atomic mass is 19.1. The highest BCUT2D eigenvalue weighted by molar-refractivity contribution is 5.23. The van der Waals surface area contributed by atoms with Crippen molar-refractivity contribution in [2.75, 3.05) is 0 Å². The van der Waals surface area contributed by atoms with Crippen LogP contribution in [0.2, 0.25) is 0 Å². The maximum atomic E-state index is 13.1. The van der Waals surface area contributed by atoms with Crippen molar-refractivity contribution >= 4 is 0 Å². The highest BCUT2D eigenvalue weighted by Gasteiger charge is 2.33. The number of rotatable bonds is 5. The van der Waals surface area contributed by atoms with Crippen molar-refractivity contribution in [2.45, 2.75) is 38.8 Å². The van der Waals surface area contributed by atoms with Crippen LogP contribution in [0, 0.1) is 18.7 Å². The molecule has 1 aliphatic rings. The van der Waals surface area contributed by atoms with Crippen LogP contribution in [0.25, 0.3) is 0 Å². The first kappa shape index (κ1) is 13.4. The summed E-state index contributed by atoms with van der Waals surface area (Å²) in [4.78, 5) is 0. The Labute approximate surface area is 119 Å². The van der Waals surface area contributed by atoms with E-state index in [1.54, 1.807) is 0 Å². The van der Waals surface area contributed by atoms with Gasteiger partial charge in [-0.1, -0.05) is 12.1 Å². The summed E-state index contributed by atoms with van der Waals surface area (Å²) < 4.78 is 18.7. The lowest BCUT2D eigenvalue weighted by atomic mass is 10.0. The molecule has 2 atom stereocenters. The highest BCUT2D eigenvalue weighted by Crippen LogP contribution is 2.42. The minimum absolute atomic E-state index is 0.152. The molecule has 2 unspecified atom stereocenters. The van der Waals surface area contributed by atoms with Crippen LogP contribution in [0.3, 0.4) is 0 Å². The number of benzene rings is 1. The lowest BCUT2D eigenvalue weighted by Crippen LogP contribution is -2.26. The fraction of sp³-hybridized carbons (Fsp3) is 0.412. The van der Waals surface area contributed by atoms with E-state index >= 15 is 0 Å². The third-order valence-electron chi connectivity index (χ3n) is 3.94. The van der Waals surface area contributed by atoms with Crippen LogP contribution < -0.4 is 5.32 Å². The molecule has 1 N–H and O–H groups in total. The zero-order valence-corrected chi connectivity index (χ0v) is 11.9. The molecule has 0 spiro atoms. The molecule has 1 heterocycles. The SMILES string of the molecule is Cc1ccc(C(C)NC(c2ccc(F)cc2)C2CC2)o1. The van der Waals surface area contributed by atoms with Crippen molar-refractivity contribution < 1.29 is 8.81 Å². The molecule has 1 aliphatic carbocycles. The third-order valence-corrected chi connectivity index (χ3v) is 3.94. The molecule has 1 fully saturated rings. The van der Waals surface area contributed by atoms with Crippen LogP contribution in [0.1, 0.15) is 48.9 Å². The molecule has 0 radical (unpaired) electrons. The maximum Gasteiger partial charge on any atom is 0.123 e. The summed E-state index contributed by atoms with van der Waals surface area (Å²) in [6.45, 7) is 4.06. The molecule has 106 valence electrons. The summed E-state index contributed by atoms with van der Waals surface area (Å²) in [6.07, 6.45) is 2.47. The summed E-state index contributed by atoms with van der Waals surface area (Å²) in [7, 11) is 0. The van der Waals surface area contributed by atoms with Crippen molar-refractivity contribution in [3.63, 3.8) is 0 Å². The summed E-state index contributed by atoms with van der Waals surface area (Å²) in [5, 5.41) is 3.63. The Bertz CT molecular complexity index is 571. The largest absolute Gasteiger partial charge is 0.465 e. The van der Waals surface area contributed by atoms with E-state index in [-0.39, 0.29) is 17.9 Å². The standard InChI is InChI=1S/C17H20FNO/c1-11-3-10-16(20-11)12(2)19-17(13-4-5-13)14-6-8-15(18)9-7-14/h3,6-10,12-13,17,19H,4-5H2,1-2H3. The molecule has 20 heavy (non-hydrogen) atoms. The van der Waals surface area contributed by atoms with Gasteiger partial charge in [-0.15, -0.1) is 0 Å². The second-order valence-corrected chi connectivity index (χ2v) is 5.70. The second-order valence-electron chi connectivity index (χ2n) is 5.70. The Hall–Kier alpha value is -1.61. The van der Waals surface area contributed by atoms with Gasteiger partial charge in [0, 0.05) is 6.04 Å². The first-order valence-electron chi connectivity index (χ1n) is 7.21. The molecule has 3 rings (SSSR count). The molecule has 0 saturated heterocycles. The van der Waals surface area contributed by atoms with Crippen LogP contribution in [0.15, 0.2) is 40.8 Å². The first-order chi connectivity index (χ1) is 9.63. The molecule has 1 aromatic carbocycles.